The Kier molecular flexibility index (Phi) is 4.69. The molecule has 8 heteroatoms. The van der Waals surface area contributed by atoms with Gasteiger partial charge in [0.2, 0.25) is 10.0 Å². The average Bonchev–Trinajstić information content (AvgIpc) is 2.91. The van der Waals surface area contributed by atoms with Gasteiger partial charge in [-0.1, -0.05) is 0 Å². The van der Waals surface area contributed by atoms with E-state index in [4.69, 9.17) is 9.47 Å². The van der Waals surface area contributed by atoms with Crippen molar-refractivity contribution in [1.82, 2.24) is 0 Å². The third-order valence-corrected chi connectivity index (χ3v) is 3.58. The number of methoxy groups -OCH3 is 1. The molecule has 1 heterocycles. The molecule has 1 aromatic carbocycles. The van der Waals surface area contributed by atoms with Crippen LogP contribution in [0.5, 0.6) is 5.75 Å². The Balaban J connectivity index is 2.16. The van der Waals surface area contributed by atoms with Gasteiger partial charge < -0.3 is 14.8 Å². The number of benzene rings is 1. The Labute approximate surface area is 123 Å². The van der Waals surface area contributed by atoms with Gasteiger partial charge in [0.05, 0.1) is 19.1 Å². The topological polar surface area (TPSA) is 93.7 Å². The van der Waals surface area contributed by atoms with Crippen LogP contribution in [0.15, 0.2) is 18.2 Å². The largest absolute Gasteiger partial charge is 0.495 e. The number of carbonyl (C=O) groups excluding carboxylic acids is 1. The first-order chi connectivity index (χ1) is 9.89. The van der Waals surface area contributed by atoms with Crippen LogP contribution in [0.25, 0.3) is 0 Å². The normalized spacial score (nSPS) is 18.3. The van der Waals surface area contributed by atoms with Gasteiger partial charge in [-0.3, -0.25) is 9.52 Å². The van der Waals surface area contributed by atoms with Gasteiger partial charge in [-0.25, -0.2) is 8.42 Å². The number of ether oxygens (including phenoxy) is 2. The third kappa shape index (κ3) is 4.33. The van der Waals surface area contributed by atoms with E-state index in [2.05, 4.69) is 10.0 Å². The molecule has 1 aliphatic rings. The molecule has 1 aromatic rings. The van der Waals surface area contributed by atoms with Crippen molar-refractivity contribution in [2.24, 2.45) is 0 Å². The SMILES string of the molecule is COc1ccc(NC(=O)[C@@H]2CCCO2)cc1NS(C)(=O)=O. The van der Waals surface area contributed by atoms with Gasteiger partial charge in [-0.05, 0) is 31.0 Å². The molecule has 0 aromatic heterocycles. The molecule has 0 aliphatic carbocycles. The number of rotatable bonds is 5. The minimum absolute atomic E-state index is 0.233. The summed E-state index contributed by atoms with van der Waals surface area (Å²) in [5.74, 6) is 0.138. The second-order valence-corrected chi connectivity index (χ2v) is 6.53. The maximum atomic E-state index is 12.0. The van der Waals surface area contributed by atoms with Crippen molar-refractivity contribution in [2.75, 3.05) is 30.0 Å². The number of hydrogen-bond acceptors (Lipinski definition) is 5. The molecular weight excluding hydrogens is 296 g/mol. The second-order valence-electron chi connectivity index (χ2n) is 4.78. The quantitative estimate of drug-likeness (QED) is 0.851. The molecule has 0 bridgehead atoms. The van der Waals surface area contributed by atoms with Crippen molar-refractivity contribution >= 4 is 27.3 Å². The number of hydrogen-bond donors (Lipinski definition) is 2. The van der Waals surface area contributed by atoms with E-state index in [9.17, 15) is 13.2 Å². The molecule has 7 nitrogen and oxygen atoms in total. The van der Waals surface area contributed by atoms with Gasteiger partial charge in [0.15, 0.2) is 0 Å². The molecule has 0 unspecified atom stereocenters. The number of carbonyl (C=O) groups is 1. The highest BCUT2D eigenvalue weighted by atomic mass is 32.2. The summed E-state index contributed by atoms with van der Waals surface area (Å²) in [4.78, 5) is 12.0. The van der Waals surface area contributed by atoms with Crippen molar-refractivity contribution in [3.63, 3.8) is 0 Å². The first-order valence-electron chi connectivity index (χ1n) is 6.47. The molecule has 1 aliphatic heterocycles. The number of nitrogens with one attached hydrogen (secondary N) is 2. The predicted octanol–water partition coefficient (Wildman–Crippen LogP) is 1.18. The van der Waals surface area contributed by atoms with E-state index < -0.39 is 16.1 Å². The maximum absolute atomic E-state index is 12.0. The number of anilines is 2. The van der Waals surface area contributed by atoms with Gasteiger partial charge in [0.1, 0.15) is 11.9 Å². The van der Waals surface area contributed by atoms with E-state index in [1.165, 1.54) is 13.2 Å². The van der Waals surface area contributed by atoms with Gasteiger partial charge >= 0.3 is 0 Å². The molecule has 0 radical (unpaired) electrons. The fourth-order valence-corrected chi connectivity index (χ4v) is 2.63. The summed E-state index contributed by atoms with van der Waals surface area (Å²) >= 11 is 0. The lowest BCUT2D eigenvalue weighted by Gasteiger charge is -2.14. The van der Waals surface area contributed by atoms with Crippen LogP contribution in [-0.4, -0.2) is 40.4 Å². The van der Waals surface area contributed by atoms with Crippen molar-refractivity contribution < 1.29 is 22.7 Å². The summed E-state index contributed by atoms with van der Waals surface area (Å²) in [6, 6.07) is 4.73. The third-order valence-electron chi connectivity index (χ3n) is 2.98. The van der Waals surface area contributed by atoms with Gasteiger partial charge in [-0.2, -0.15) is 0 Å². The highest BCUT2D eigenvalue weighted by molar-refractivity contribution is 7.92. The van der Waals surface area contributed by atoms with Gasteiger partial charge in [-0.15, -0.1) is 0 Å². The number of sulfonamides is 1. The first-order valence-corrected chi connectivity index (χ1v) is 8.36. The van der Waals surface area contributed by atoms with E-state index >= 15 is 0 Å². The second kappa shape index (κ2) is 6.31. The summed E-state index contributed by atoms with van der Waals surface area (Å²) in [6.07, 6.45) is 2.15. The molecule has 0 spiro atoms. The highest BCUT2D eigenvalue weighted by Gasteiger charge is 2.23. The minimum Gasteiger partial charge on any atom is -0.495 e. The minimum atomic E-state index is -3.44. The van der Waals surface area contributed by atoms with Crippen LogP contribution in [0, 0.1) is 0 Å². The molecule has 116 valence electrons. The zero-order chi connectivity index (χ0) is 15.5. The lowest BCUT2D eigenvalue weighted by atomic mass is 10.2. The first kappa shape index (κ1) is 15.6. The monoisotopic (exact) mass is 314 g/mol. The van der Waals surface area contributed by atoms with Crippen LogP contribution in [-0.2, 0) is 19.6 Å². The molecule has 1 fully saturated rings. The molecule has 1 amide bonds. The fraction of sp³-hybridized carbons (Fsp3) is 0.462. The standard InChI is InChI=1S/C13H18N2O5S/c1-19-11-6-5-9(8-10(11)15-21(2,17)18)14-13(16)12-4-3-7-20-12/h5-6,8,12,15H,3-4,7H2,1-2H3,(H,14,16)/t12-/m0/s1. The molecule has 1 saturated heterocycles. The fourth-order valence-electron chi connectivity index (χ4n) is 2.07. The van der Waals surface area contributed by atoms with Crippen LogP contribution in [0.4, 0.5) is 11.4 Å². The van der Waals surface area contributed by atoms with Crippen LogP contribution in [0.2, 0.25) is 0 Å². The van der Waals surface area contributed by atoms with Crippen molar-refractivity contribution in [3.8, 4) is 5.75 Å². The van der Waals surface area contributed by atoms with E-state index in [0.717, 1.165) is 12.7 Å². The van der Waals surface area contributed by atoms with E-state index in [1.807, 2.05) is 0 Å². The van der Waals surface area contributed by atoms with Crippen LogP contribution in [0.1, 0.15) is 12.8 Å². The van der Waals surface area contributed by atoms with Crippen LogP contribution >= 0.6 is 0 Å². The molecule has 1 atom stereocenters. The zero-order valence-corrected chi connectivity index (χ0v) is 12.7. The Morgan fingerprint density at radius 3 is 2.76 bits per heavy atom. The molecule has 0 saturated carbocycles. The summed E-state index contributed by atoms with van der Waals surface area (Å²) in [6.45, 7) is 0.585. The van der Waals surface area contributed by atoms with Crippen LogP contribution < -0.4 is 14.8 Å². The van der Waals surface area contributed by atoms with E-state index in [-0.39, 0.29) is 11.6 Å². The highest BCUT2D eigenvalue weighted by Crippen LogP contribution is 2.29. The van der Waals surface area contributed by atoms with Crippen LogP contribution in [0.3, 0.4) is 0 Å². The molecule has 2 N–H and O–H groups in total. The molecular formula is C13H18N2O5S. The Hall–Kier alpha value is -1.80. The van der Waals surface area contributed by atoms with Crippen molar-refractivity contribution in [2.45, 2.75) is 18.9 Å². The van der Waals surface area contributed by atoms with Crippen molar-refractivity contribution in [3.05, 3.63) is 18.2 Å². The summed E-state index contributed by atoms with van der Waals surface area (Å²) in [5.41, 5.74) is 0.743. The van der Waals surface area contributed by atoms with Gasteiger partial charge in [0, 0.05) is 12.3 Å². The van der Waals surface area contributed by atoms with Gasteiger partial charge in [0.25, 0.3) is 5.91 Å². The average molecular weight is 314 g/mol. The maximum Gasteiger partial charge on any atom is 0.253 e. The lowest BCUT2D eigenvalue weighted by molar-refractivity contribution is -0.124. The van der Waals surface area contributed by atoms with Crippen molar-refractivity contribution in [1.29, 1.82) is 0 Å². The Morgan fingerprint density at radius 1 is 1.43 bits per heavy atom. The Bertz CT molecular complexity index is 623. The lowest BCUT2D eigenvalue weighted by Crippen LogP contribution is -2.26. The smallest absolute Gasteiger partial charge is 0.253 e. The molecule has 21 heavy (non-hydrogen) atoms. The Morgan fingerprint density at radius 2 is 2.19 bits per heavy atom. The number of amides is 1. The summed E-state index contributed by atoms with van der Waals surface area (Å²) in [5, 5.41) is 2.71. The predicted molar refractivity (Wildman–Crippen MR) is 79.1 cm³/mol. The van der Waals surface area contributed by atoms with E-state index in [0.29, 0.717) is 24.5 Å². The summed E-state index contributed by atoms with van der Waals surface area (Å²) in [7, 11) is -2.00. The zero-order valence-electron chi connectivity index (χ0n) is 11.9. The van der Waals surface area contributed by atoms with E-state index in [1.54, 1.807) is 12.1 Å². The molecule has 2 rings (SSSR count). The summed E-state index contributed by atoms with van der Waals surface area (Å²) < 4.78 is 35.4.